The van der Waals surface area contributed by atoms with Gasteiger partial charge in [-0.05, 0) is 23.9 Å². The van der Waals surface area contributed by atoms with Gasteiger partial charge >= 0.3 is 0 Å². The molecule has 0 saturated heterocycles. The minimum Gasteiger partial charge on any atom is -0.323 e. The molecule has 2 N–H and O–H groups in total. The first-order chi connectivity index (χ1) is 6.16. The summed E-state index contributed by atoms with van der Waals surface area (Å²) in [6, 6.07) is 0.00917. The second-order valence-electron chi connectivity index (χ2n) is 3.31. The van der Waals surface area contributed by atoms with E-state index in [0.29, 0.717) is 5.92 Å². The average molecular weight is 197 g/mol. The number of hydrogen-bond acceptors (Lipinski definition) is 4. The molecule has 1 rings (SSSR count). The van der Waals surface area contributed by atoms with Gasteiger partial charge in [-0.1, -0.05) is 24.4 Å². The topological polar surface area (TPSA) is 51.8 Å². The van der Waals surface area contributed by atoms with E-state index >= 15 is 0 Å². The van der Waals surface area contributed by atoms with Crippen molar-refractivity contribution in [2.75, 3.05) is 0 Å². The second kappa shape index (κ2) is 4.48. The van der Waals surface area contributed by atoms with Crippen molar-refractivity contribution < 1.29 is 0 Å². The van der Waals surface area contributed by atoms with Crippen molar-refractivity contribution in [3.63, 3.8) is 0 Å². The van der Waals surface area contributed by atoms with Crippen molar-refractivity contribution in [1.29, 1.82) is 0 Å². The molecular formula is C9H15N3S. The quantitative estimate of drug-likeness (QED) is 0.753. The predicted molar refractivity (Wildman–Crippen MR) is 55.7 cm³/mol. The summed E-state index contributed by atoms with van der Waals surface area (Å²) in [5, 5.41) is 4.07. The smallest absolute Gasteiger partial charge is 0.0829 e. The van der Waals surface area contributed by atoms with Crippen LogP contribution in [-0.2, 0) is 0 Å². The van der Waals surface area contributed by atoms with Gasteiger partial charge in [-0.3, -0.25) is 0 Å². The van der Waals surface area contributed by atoms with Gasteiger partial charge < -0.3 is 5.73 Å². The van der Waals surface area contributed by atoms with Gasteiger partial charge in [0.25, 0.3) is 0 Å². The molecule has 0 amide bonds. The molecule has 1 aromatic rings. The van der Waals surface area contributed by atoms with Crippen molar-refractivity contribution in [3.05, 3.63) is 23.2 Å². The van der Waals surface area contributed by atoms with E-state index in [1.165, 1.54) is 11.5 Å². The molecule has 1 unspecified atom stereocenters. The zero-order valence-corrected chi connectivity index (χ0v) is 8.84. The van der Waals surface area contributed by atoms with Crippen LogP contribution in [0.2, 0.25) is 0 Å². The van der Waals surface area contributed by atoms with E-state index < -0.39 is 0 Å². The lowest BCUT2D eigenvalue weighted by atomic mass is 10.0. The van der Waals surface area contributed by atoms with Gasteiger partial charge in [-0.2, -0.15) is 0 Å². The summed E-state index contributed by atoms with van der Waals surface area (Å²) in [5.74, 6) is 0.393. The molecule has 0 aromatic carbocycles. The minimum atomic E-state index is 0.00917. The Kier molecular flexibility index (Phi) is 3.57. The Bertz CT molecular complexity index is 280. The highest BCUT2D eigenvalue weighted by Gasteiger charge is 2.16. The van der Waals surface area contributed by atoms with Crippen molar-refractivity contribution >= 4 is 11.5 Å². The van der Waals surface area contributed by atoms with Crippen LogP contribution in [0.25, 0.3) is 0 Å². The van der Waals surface area contributed by atoms with E-state index in [9.17, 15) is 0 Å². The lowest BCUT2D eigenvalue weighted by molar-refractivity contribution is 0.714. The Hall–Kier alpha value is -0.740. The summed E-state index contributed by atoms with van der Waals surface area (Å²) in [6.45, 7) is 7.87. The van der Waals surface area contributed by atoms with Crippen LogP contribution in [0.4, 0.5) is 0 Å². The Morgan fingerprint density at radius 2 is 2.31 bits per heavy atom. The summed E-state index contributed by atoms with van der Waals surface area (Å²) >= 11 is 1.39. The zero-order chi connectivity index (χ0) is 9.84. The fourth-order valence-corrected chi connectivity index (χ4v) is 1.97. The van der Waals surface area contributed by atoms with Gasteiger partial charge in [0, 0.05) is 6.04 Å². The molecule has 0 aliphatic heterocycles. The van der Waals surface area contributed by atoms with Gasteiger partial charge in [0.05, 0.1) is 10.6 Å². The van der Waals surface area contributed by atoms with Gasteiger partial charge in [0.15, 0.2) is 0 Å². The summed E-state index contributed by atoms with van der Waals surface area (Å²) in [7, 11) is 0. The Labute approximate surface area is 82.8 Å². The van der Waals surface area contributed by atoms with Gasteiger partial charge in [-0.25, -0.2) is 0 Å². The van der Waals surface area contributed by atoms with Crippen molar-refractivity contribution in [3.8, 4) is 0 Å². The van der Waals surface area contributed by atoms with Crippen LogP contribution in [0, 0.1) is 0 Å². The molecule has 72 valence electrons. The highest BCUT2D eigenvalue weighted by molar-refractivity contribution is 7.05. The molecule has 0 saturated carbocycles. The van der Waals surface area contributed by atoms with E-state index in [2.05, 4.69) is 30.0 Å². The monoisotopic (exact) mass is 197 g/mol. The van der Waals surface area contributed by atoms with Gasteiger partial charge in [0.2, 0.25) is 0 Å². The van der Waals surface area contributed by atoms with Crippen molar-refractivity contribution in [2.24, 2.45) is 5.73 Å². The molecule has 1 aromatic heterocycles. The first-order valence-electron chi connectivity index (χ1n) is 4.35. The van der Waals surface area contributed by atoms with Crippen molar-refractivity contribution in [1.82, 2.24) is 9.59 Å². The largest absolute Gasteiger partial charge is 0.323 e. The maximum atomic E-state index is 5.95. The lowest BCUT2D eigenvalue weighted by Crippen LogP contribution is -2.10. The molecule has 1 atom stereocenters. The van der Waals surface area contributed by atoms with Crippen LogP contribution in [0.1, 0.15) is 42.8 Å². The van der Waals surface area contributed by atoms with Crippen LogP contribution in [0.5, 0.6) is 0 Å². The molecule has 13 heavy (non-hydrogen) atoms. The zero-order valence-electron chi connectivity index (χ0n) is 8.03. The summed E-state index contributed by atoms with van der Waals surface area (Å²) in [5.41, 5.74) is 6.97. The van der Waals surface area contributed by atoms with E-state index in [1.807, 2.05) is 6.08 Å². The molecular weight excluding hydrogens is 182 g/mol. The summed E-state index contributed by atoms with van der Waals surface area (Å²) in [4.78, 5) is 1.09. The molecule has 1 heterocycles. The van der Waals surface area contributed by atoms with Crippen LogP contribution in [-0.4, -0.2) is 9.59 Å². The van der Waals surface area contributed by atoms with E-state index in [1.54, 1.807) is 0 Å². The molecule has 3 nitrogen and oxygen atoms in total. The SMILES string of the molecule is C=CCC(N)c1snnc1C(C)C. The molecule has 0 aliphatic carbocycles. The number of nitrogens with zero attached hydrogens (tertiary/aromatic N) is 2. The molecule has 0 aliphatic rings. The molecule has 4 heteroatoms. The number of hydrogen-bond donors (Lipinski definition) is 1. The fraction of sp³-hybridized carbons (Fsp3) is 0.556. The molecule has 0 radical (unpaired) electrons. The molecule has 0 bridgehead atoms. The maximum Gasteiger partial charge on any atom is 0.0829 e. The van der Waals surface area contributed by atoms with E-state index in [0.717, 1.165) is 17.0 Å². The molecule has 0 fully saturated rings. The molecule has 0 spiro atoms. The Morgan fingerprint density at radius 1 is 1.62 bits per heavy atom. The summed E-state index contributed by atoms with van der Waals surface area (Å²) < 4.78 is 3.92. The third kappa shape index (κ3) is 2.35. The van der Waals surface area contributed by atoms with E-state index in [4.69, 9.17) is 5.73 Å². The lowest BCUT2D eigenvalue weighted by Gasteiger charge is -2.09. The fourth-order valence-electron chi connectivity index (χ4n) is 1.15. The van der Waals surface area contributed by atoms with Crippen LogP contribution < -0.4 is 5.73 Å². The van der Waals surface area contributed by atoms with Crippen molar-refractivity contribution in [2.45, 2.75) is 32.2 Å². The van der Waals surface area contributed by atoms with E-state index in [-0.39, 0.29) is 6.04 Å². The second-order valence-corrected chi connectivity index (χ2v) is 4.09. The Balaban J connectivity index is 2.86. The average Bonchev–Trinajstić information content (AvgIpc) is 2.52. The third-order valence-corrected chi connectivity index (χ3v) is 2.72. The standard InChI is InChI=1S/C9H15N3S/c1-4-5-7(10)9-8(6(2)3)11-12-13-9/h4,6-7H,1,5,10H2,2-3H3. The highest BCUT2D eigenvalue weighted by Crippen LogP contribution is 2.26. The van der Waals surface area contributed by atoms with Gasteiger partial charge in [0.1, 0.15) is 0 Å². The van der Waals surface area contributed by atoms with Crippen LogP contribution >= 0.6 is 11.5 Å². The maximum absolute atomic E-state index is 5.95. The van der Waals surface area contributed by atoms with Crippen LogP contribution in [0.3, 0.4) is 0 Å². The highest BCUT2D eigenvalue weighted by atomic mass is 32.1. The van der Waals surface area contributed by atoms with Gasteiger partial charge in [-0.15, -0.1) is 11.7 Å². The normalized spacial score (nSPS) is 13.2. The number of aromatic nitrogens is 2. The number of nitrogens with two attached hydrogens (primary N) is 1. The predicted octanol–water partition coefficient (Wildman–Crippen LogP) is 2.24. The van der Waals surface area contributed by atoms with Crippen LogP contribution in [0.15, 0.2) is 12.7 Å². The first-order valence-corrected chi connectivity index (χ1v) is 5.12. The third-order valence-electron chi connectivity index (χ3n) is 1.84. The minimum absolute atomic E-state index is 0.00917. The Morgan fingerprint density at radius 3 is 2.85 bits per heavy atom. The first kappa shape index (κ1) is 10.3. The number of rotatable bonds is 4. The summed E-state index contributed by atoms with van der Waals surface area (Å²) in [6.07, 6.45) is 2.61.